The molecule has 1 rings (SSSR count). The van der Waals surface area contributed by atoms with E-state index >= 15 is 0 Å². The number of carboxylic acids is 1. The van der Waals surface area contributed by atoms with Gasteiger partial charge in [-0.2, -0.15) is 0 Å². The van der Waals surface area contributed by atoms with E-state index in [4.69, 9.17) is 14.6 Å². The molecule has 4 heteroatoms. The van der Waals surface area contributed by atoms with Gasteiger partial charge in [-0.05, 0) is 33.1 Å². The Morgan fingerprint density at radius 2 is 2.21 bits per heavy atom. The highest BCUT2D eigenvalue weighted by Gasteiger charge is 2.24. The molecule has 0 amide bonds. The maximum Gasteiger partial charge on any atom is 0.308 e. The van der Waals surface area contributed by atoms with E-state index in [-0.39, 0.29) is 12.4 Å². The third-order valence-electron chi connectivity index (χ3n) is 2.60. The molecule has 3 atom stereocenters. The second-order valence-electron chi connectivity index (χ2n) is 3.76. The molecule has 0 aromatic rings. The lowest BCUT2D eigenvalue weighted by molar-refractivity contribution is -0.197. The van der Waals surface area contributed by atoms with Crippen LogP contribution in [0.3, 0.4) is 0 Å². The highest BCUT2D eigenvalue weighted by Crippen LogP contribution is 2.18. The van der Waals surface area contributed by atoms with Gasteiger partial charge < -0.3 is 14.6 Å². The van der Waals surface area contributed by atoms with E-state index in [1.165, 1.54) is 0 Å². The summed E-state index contributed by atoms with van der Waals surface area (Å²) in [5, 5.41) is 8.76. The van der Waals surface area contributed by atoms with Gasteiger partial charge in [0.25, 0.3) is 0 Å². The van der Waals surface area contributed by atoms with Crippen molar-refractivity contribution in [3.05, 3.63) is 0 Å². The van der Waals surface area contributed by atoms with Crippen LogP contribution in [-0.4, -0.2) is 30.1 Å². The molecule has 1 aliphatic heterocycles. The van der Waals surface area contributed by atoms with Crippen LogP contribution in [0.1, 0.15) is 33.1 Å². The van der Waals surface area contributed by atoms with Crippen molar-refractivity contribution in [2.75, 3.05) is 6.61 Å². The summed E-state index contributed by atoms with van der Waals surface area (Å²) in [5.74, 6) is -1.31. The zero-order chi connectivity index (χ0) is 10.6. The van der Waals surface area contributed by atoms with Crippen molar-refractivity contribution in [2.45, 2.75) is 45.5 Å². The van der Waals surface area contributed by atoms with Crippen LogP contribution in [0.5, 0.6) is 0 Å². The fourth-order valence-corrected chi connectivity index (χ4v) is 1.38. The Hall–Kier alpha value is -0.610. The van der Waals surface area contributed by atoms with E-state index in [2.05, 4.69) is 0 Å². The molecule has 0 aliphatic carbocycles. The normalized spacial score (nSPS) is 26.9. The minimum absolute atomic E-state index is 0.208. The standard InChI is InChI=1S/C10H18O4/c1-7(10(11)12)8(2)14-9-5-3-4-6-13-9/h7-9H,3-6H2,1-2H3,(H,11,12)/t7-,8+,9?/m0/s1. The molecule has 0 radical (unpaired) electrons. The van der Waals surface area contributed by atoms with Crippen LogP contribution in [0.25, 0.3) is 0 Å². The first kappa shape index (κ1) is 11.5. The fourth-order valence-electron chi connectivity index (χ4n) is 1.38. The monoisotopic (exact) mass is 202 g/mol. The van der Waals surface area contributed by atoms with Crippen molar-refractivity contribution in [3.63, 3.8) is 0 Å². The summed E-state index contributed by atoms with van der Waals surface area (Å²) in [6.45, 7) is 4.14. The lowest BCUT2D eigenvalue weighted by Gasteiger charge is -2.27. The maximum absolute atomic E-state index is 10.7. The first-order chi connectivity index (χ1) is 6.61. The van der Waals surface area contributed by atoms with Gasteiger partial charge in [0.05, 0.1) is 12.0 Å². The Balaban J connectivity index is 2.31. The van der Waals surface area contributed by atoms with Gasteiger partial charge in [-0.15, -0.1) is 0 Å². The lowest BCUT2D eigenvalue weighted by atomic mass is 10.1. The van der Waals surface area contributed by atoms with Gasteiger partial charge in [0, 0.05) is 6.61 Å². The molecule has 1 heterocycles. The van der Waals surface area contributed by atoms with Crippen LogP contribution in [0.2, 0.25) is 0 Å². The minimum atomic E-state index is -0.826. The summed E-state index contributed by atoms with van der Waals surface area (Å²) >= 11 is 0. The zero-order valence-electron chi connectivity index (χ0n) is 8.73. The second kappa shape index (κ2) is 5.32. The van der Waals surface area contributed by atoms with Crippen molar-refractivity contribution >= 4 is 5.97 Å². The maximum atomic E-state index is 10.7. The molecule has 1 aliphatic rings. The average molecular weight is 202 g/mol. The van der Waals surface area contributed by atoms with E-state index in [9.17, 15) is 4.79 Å². The summed E-state index contributed by atoms with van der Waals surface area (Å²) in [6.07, 6.45) is 2.54. The predicted molar refractivity (Wildman–Crippen MR) is 50.9 cm³/mol. The van der Waals surface area contributed by atoms with Gasteiger partial charge in [0.1, 0.15) is 0 Å². The Morgan fingerprint density at radius 3 is 2.71 bits per heavy atom. The smallest absolute Gasteiger partial charge is 0.308 e. The molecule has 1 saturated heterocycles. The van der Waals surface area contributed by atoms with Crippen molar-refractivity contribution in [1.29, 1.82) is 0 Å². The average Bonchev–Trinajstić information content (AvgIpc) is 2.18. The molecule has 14 heavy (non-hydrogen) atoms. The first-order valence-electron chi connectivity index (χ1n) is 5.11. The van der Waals surface area contributed by atoms with E-state index in [1.54, 1.807) is 13.8 Å². The molecule has 0 saturated carbocycles. The van der Waals surface area contributed by atoms with Gasteiger partial charge >= 0.3 is 5.97 Å². The molecule has 0 bridgehead atoms. The molecule has 1 fully saturated rings. The highest BCUT2D eigenvalue weighted by atomic mass is 16.7. The van der Waals surface area contributed by atoms with E-state index < -0.39 is 11.9 Å². The number of hydrogen-bond donors (Lipinski definition) is 1. The molecule has 0 aromatic heterocycles. The summed E-state index contributed by atoms with van der Waals surface area (Å²) in [4.78, 5) is 10.7. The summed E-state index contributed by atoms with van der Waals surface area (Å²) in [7, 11) is 0. The number of rotatable bonds is 4. The van der Waals surface area contributed by atoms with E-state index in [0.29, 0.717) is 0 Å². The third kappa shape index (κ3) is 3.27. The molecular weight excluding hydrogens is 184 g/mol. The van der Waals surface area contributed by atoms with Gasteiger partial charge in [0.2, 0.25) is 0 Å². The van der Waals surface area contributed by atoms with Crippen LogP contribution in [0.4, 0.5) is 0 Å². The summed E-state index contributed by atoms with van der Waals surface area (Å²) < 4.78 is 10.9. The van der Waals surface area contributed by atoms with E-state index in [1.807, 2.05) is 0 Å². The number of ether oxygens (including phenoxy) is 2. The molecule has 82 valence electrons. The molecular formula is C10H18O4. The van der Waals surface area contributed by atoms with Crippen LogP contribution < -0.4 is 0 Å². The van der Waals surface area contributed by atoms with Crippen LogP contribution in [-0.2, 0) is 14.3 Å². The molecule has 1 N–H and O–H groups in total. The van der Waals surface area contributed by atoms with Crippen LogP contribution in [0, 0.1) is 5.92 Å². The van der Waals surface area contributed by atoms with Gasteiger partial charge in [-0.1, -0.05) is 0 Å². The number of hydrogen-bond acceptors (Lipinski definition) is 3. The topological polar surface area (TPSA) is 55.8 Å². The second-order valence-corrected chi connectivity index (χ2v) is 3.76. The largest absolute Gasteiger partial charge is 0.481 e. The van der Waals surface area contributed by atoms with Gasteiger partial charge in [0.15, 0.2) is 6.29 Å². The Bertz CT molecular complexity index is 187. The van der Waals surface area contributed by atoms with Crippen molar-refractivity contribution < 1.29 is 19.4 Å². The molecule has 4 nitrogen and oxygen atoms in total. The summed E-state index contributed by atoms with van der Waals surface area (Å²) in [6, 6.07) is 0. The lowest BCUT2D eigenvalue weighted by Crippen LogP contribution is -2.32. The molecule has 1 unspecified atom stereocenters. The molecule has 0 spiro atoms. The Morgan fingerprint density at radius 1 is 1.50 bits per heavy atom. The van der Waals surface area contributed by atoms with Crippen molar-refractivity contribution in [2.24, 2.45) is 5.92 Å². The Labute approximate surface area is 84.2 Å². The SMILES string of the molecule is C[C@H](C(=O)O)[C@@H](C)OC1CCCCO1. The predicted octanol–water partition coefficient (Wildman–Crippen LogP) is 1.64. The zero-order valence-corrected chi connectivity index (χ0v) is 8.73. The highest BCUT2D eigenvalue weighted by molar-refractivity contribution is 5.70. The first-order valence-corrected chi connectivity index (χ1v) is 5.11. The van der Waals surface area contributed by atoms with Crippen molar-refractivity contribution in [3.8, 4) is 0 Å². The Kier molecular flexibility index (Phi) is 4.35. The van der Waals surface area contributed by atoms with Crippen molar-refractivity contribution in [1.82, 2.24) is 0 Å². The summed E-state index contributed by atoms with van der Waals surface area (Å²) in [5.41, 5.74) is 0. The van der Waals surface area contributed by atoms with Crippen LogP contribution in [0.15, 0.2) is 0 Å². The van der Waals surface area contributed by atoms with Gasteiger partial charge in [-0.25, -0.2) is 0 Å². The molecule has 0 aromatic carbocycles. The van der Waals surface area contributed by atoms with Gasteiger partial charge in [-0.3, -0.25) is 4.79 Å². The number of aliphatic carboxylic acids is 1. The minimum Gasteiger partial charge on any atom is -0.481 e. The third-order valence-corrected chi connectivity index (χ3v) is 2.60. The van der Waals surface area contributed by atoms with Crippen LogP contribution >= 0.6 is 0 Å². The number of carboxylic acid groups (broad SMARTS) is 1. The quantitative estimate of drug-likeness (QED) is 0.753. The number of carbonyl (C=O) groups is 1. The van der Waals surface area contributed by atoms with E-state index in [0.717, 1.165) is 25.9 Å². The fraction of sp³-hybridized carbons (Fsp3) is 0.900.